The molecule has 86 valence electrons. The lowest BCUT2D eigenvalue weighted by atomic mass is 10.1. The predicted molar refractivity (Wildman–Crippen MR) is 59.3 cm³/mol. The normalized spacial score (nSPS) is 15.4. The maximum absolute atomic E-state index is 11.8. The first-order valence-electron chi connectivity index (χ1n) is 5.59. The number of nitrogens with one attached hydrogen (secondary N) is 1. The van der Waals surface area contributed by atoms with E-state index < -0.39 is 0 Å². The Bertz CT molecular complexity index is 549. The molecule has 3 rings (SSSR count). The van der Waals surface area contributed by atoms with Crippen molar-refractivity contribution in [3.8, 4) is 11.6 Å². The van der Waals surface area contributed by atoms with Crippen LogP contribution in [0.1, 0.15) is 35.3 Å². The van der Waals surface area contributed by atoms with Crippen LogP contribution < -0.4 is 0 Å². The topological polar surface area (TPSA) is 84.4 Å². The maximum Gasteiger partial charge on any atom is 0.197 e. The van der Waals surface area contributed by atoms with Gasteiger partial charge >= 0.3 is 0 Å². The van der Waals surface area contributed by atoms with Gasteiger partial charge in [0.2, 0.25) is 0 Å². The van der Waals surface area contributed by atoms with Crippen molar-refractivity contribution in [2.75, 3.05) is 0 Å². The molecule has 1 N–H and O–H groups in total. The van der Waals surface area contributed by atoms with Crippen LogP contribution in [0.3, 0.4) is 0 Å². The van der Waals surface area contributed by atoms with Crippen LogP contribution in [0.15, 0.2) is 12.5 Å². The lowest BCUT2D eigenvalue weighted by Crippen LogP contribution is -2.05. The first-order valence-corrected chi connectivity index (χ1v) is 5.59. The molecule has 0 bridgehead atoms. The van der Waals surface area contributed by atoms with E-state index in [1.165, 1.54) is 6.33 Å². The van der Waals surface area contributed by atoms with Crippen LogP contribution in [-0.2, 0) is 6.42 Å². The van der Waals surface area contributed by atoms with Gasteiger partial charge in [0, 0.05) is 12.6 Å². The molecule has 0 amide bonds. The molecule has 0 saturated carbocycles. The SMILES string of the molecule is O=C1CCCCc2nc(-c3ncn[nH]3)ncc21. The maximum atomic E-state index is 11.8. The summed E-state index contributed by atoms with van der Waals surface area (Å²) in [5, 5.41) is 6.48. The average Bonchev–Trinajstić information content (AvgIpc) is 2.82. The first-order chi connectivity index (χ1) is 8.34. The largest absolute Gasteiger partial charge is 0.294 e. The first kappa shape index (κ1) is 10.1. The van der Waals surface area contributed by atoms with E-state index >= 15 is 0 Å². The number of carbonyl (C=O) groups excluding carboxylic acids is 1. The summed E-state index contributed by atoms with van der Waals surface area (Å²) in [7, 11) is 0. The van der Waals surface area contributed by atoms with E-state index in [2.05, 4.69) is 25.1 Å². The molecule has 2 aromatic rings. The van der Waals surface area contributed by atoms with Gasteiger partial charge in [0.25, 0.3) is 0 Å². The summed E-state index contributed by atoms with van der Waals surface area (Å²) < 4.78 is 0. The minimum atomic E-state index is 0.140. The zero-order valence-corrected chi connectivity index (χ0v) is 9.18. The van der Waals surface area contributed by atoms with Crippen LogP contribution in [-0.4, -0.2) is 30.9 Å². The zero-order valence-electron chi connectivity index (χ0n) is 9.18. The molecule has 0 aromatic carbocycles. The van der Waals surface area contributed by atoms with Gasteiger partial charge in [-0.25, -0.2) is 15.0 Å². The van der Waals surface area contributed by atoms with Gasteiger partial charge in [-0.1, -0.05) is 0 Å². The standard InChI is InChI=1S/C11H11N5O/c17-9-4-2-1-3-8-7(9)5-12-10(15-8)11-13-6-14-16-11/h5-6H,1-4H2,(H,13,14,16). The zero-order chi connectivity index (χ0) is 11.7. The van der Waals surface area contributed by atoms with E-state index in [9.17, 15) is 4.79 Å². The molecule has 1 aliphatic carbocycles. The Morgan fingerprint density at radius 3 is 2.88 bits per heavy atom. The van der Waals surface area contributed by atoms with Gasteiger partial charge in [0.1, 0.15) is 6.33 Å². The molecule has 0 fully saturated rings. The Labute approximate surface area is 97.5 Å². The third-order valence-electron chi connectivity index (χ3n) is 2.86. The van der Waals surface area contributed by atoms with E-state index in [0.717, 1.165) is 25.0 Å². The number of aromatic nitrogens is 5. The second kappa shape index (κ2) is 4.04. The van der Waals surface area contributed by atoms with Crippen molar-refractivity contribution in [1.29, 1.82) is 0 Å². The molecule has 17 heavy (non-hydrogen) atoms. The smallest absolute Gasteiger partial charge is 0.197 e. The second-order valence-corrected chi connectivity index (χ2v) is 4.02. The van der Waals surface area contributed by atoms with Gasteiger partial charge in [-0.05, 0) is 19.3 Å². The van der Waals surface area contributed by atoms with Gasteiger partial charge in [0.15, 0.2) is 17.4 Å². The summed E-state index contributed by atoms with van der Waals surface area (Å²) in [6.07, 6.45) is 6.35. The number of fused-ring (bicyclic) bond motifs is 1. The van der Waals surface area contributed by atoms with Gasteiger partial charge in [-0.3, -0.25) is 9.89 Å². The van der Waals surface area contributed by atoms with Gasteiger partial charge < -0.3 is 0 Å². The van der Waals surface area contributed by atoms with Gasteiger partial charge in [-0.2, -0.15) is 5.10 Å². The molecule has 6 nitrogen and oxygen atoms in total. The Hall–Kier alpha value is -2.11. The number of ketones is 1. The number of H-pyrrole nitrogens is 1. The van der Waals surface area contributed by atoms with Crippen LogP contribution in [0.5, 0.6) is 0 Å². The molecule has 0 atom stereocenters. The number of Topliss-reactive ketones (excluding diaryl/α,β-unsaturated/α-hetero) is 1. The lowest BCUT2D eigenvalue weighted by molar-refractivity contribution is 0.0981. The monoisotopic (exact) mass is 229 g/mol. The fraction of sp³-hybridized carbons (Fsp3) is 0.364. The highest BCUT2D eigenvalue weighted by Gasteiger charge is 2.18. The summed E-state index contributed by atoms with van der Waals surface area (Å²) in [6.45, 7) is 0. The second-order valence-electron chi connectivity index (χ2n) is 4.02. The van der Waals surface area contributed by atoms with Crippen molar-refractivity contribution in [1.82, 2.24) is 25.1 Å². The number of nitrogens with zero attached hydrogens (tertiary/aromatic N) is 4. The predicted octanol–water partition coefficient (Wildman–Crippen LogP) is 1.17. The number of rotatable bonds is 1. The minimum Gasteiger partial charge on any atom is -0.294 e. The highest BCUT2D eigenvalue weighted by atomic mass is 16.1. The number of aryl methyl sites for hydroxylation is 1. The summed E-state index contributed by atoms with van der Waals surface area (Å²) >= 11 is 0. The molecule has 2 heterocycles. The summed E-state index contributed by atoms with van der Waals surface area (Å²) in [5.74, 6) is 1.17. The Morgan fingerprint density at radius 1 is 1.18 bits per heavy atom. The fourth-order valence-electron chi connectivity index (χ4n) is 1.98. The van der Waals surface area contributed by atoms with E-state index in [4.69, 9.17) is 0 Å². The van der Waals surface area contributed by atoms with Crippen molar-refractivity contribution < 1.29 is 4.79 Å². The minimum absolute atomic E-state index is 0.140. The number of hydrogen-bond donors (Lipinski definition) is 1. The van der Waals surface area contributed by atoms with Crippen molar-refractivity contribution in [2.24, 2.45) is 0 Å². The fourth-order valence-corrected chi connectivity index (χ4v) is 1.98. The van der Waals surface area contributed by atoms with Crippen molar-refractivity contribution in [3.05, 3.63) is 23.8 Å². The summed E-state index contributed by atoms with van der Waals surface area (Å²) in [4.78, 5) is 24.4. The van der Waals surface area contributed by atoms with Crippen molar-refractivity contribution >= 4 is 5.78 Å². The van der Waals surface area contributed by atoms with E-state index in [1.54, 1.807) is 6.20 Å². The van der Waals surface area contributed by atoms with Crippen LogP contribution in [0.4, 0.5) is 0 Å². The van der Waals surface area contributed by atoms with E-state index in [0.29, 0.717) is 23.6 Å². The molecular formula is C11H11N5O. The van der Waals surface area contributed by atoms with Crippen molar-refractivity contribution in [3.63, 3.8) is 0 Å². The van der Waals surface area contributed by atoms with E-state index in [1.807, 2.05) is 0 Å². The third kappa shape index (κ3) is 1.82. The highest BCUT2D eigenvalue weighted by Crippen LogP contribution is 2.20. The highest BCUT2D eigenvalue weighted by molar-refractivity contribution is 5.97. The van der Waals surface area contributed by atoms with Gasteiger partial charge in [0.05, 0.1) is 11.3 Å². The van der Waals surface area contributed by atoms with Crippen LogP contribution in [0.2, 0.25) is 0 Å². The van der Waals surface area contributed by atoms with Gasteiger partial charge in [-0.15, -0.1) is 0 Å². The Morgan fingerprint density at radius 2 is 2.06 bits per heavy atom. The average molecular weight is 229 g/mol. The Kier molecular flexibility index (Phi) is 2.40. The van der Waals surface area contributed by atoms with Crippen LogP contribution >= 0.6 is 0 Å². The molecule has 0 unspecified atom stereocenters. The molecule has 2 aromatic heterocycles. The number of aromatic amines is 1. The quantitative estimate of drug-likeness (QED) is 0.742. The lowest BCUT2D eigenvalue weighted by Gasteiger charge is -2.03. The molecule has 0 aliphatic heterocycles. The Balaban J connectivity index is 2.06. The number of hydrogen-bond acceptors (Lipinski definition) is 5. The molecule has 1 aliphatic rings. The van der Waals surface area contributed by atoms with Crippen LogP contribution in [0.25, 0.3) is 11.6 Å². The molecule has 6 heteroatoms. The van der Waals surface area contributed by atoms with E-state index in [-0.39, 0.29) is 5.78 Å². The summed E-state index contributed by atoms with van der Waals surface area (Å²) in [5.41, 5.74) is 1.49. The van der Waals surface area contributed by atoms with Crippen LogP contribution in [0, 0.1) is 0 Å². The summed E-state index contributed by atoms with van der Waals surface area (Å²) in [6, 6.07) is 0. The molecule has 0 radical (unpaired) electrons. The molecule has 0 spiro atoms. The van der Waals surface area contributed by atoms with Crippen molar-refractivity contribution in [2.45, 2.75) is 25.7 Å². The molecular weight excluding hydrogens is 218 g/mol. The third-order valence-corrected chi connectivity index (χ3v) is 2.86. The molecule has 0 saturated heterocycles. The number of carbonyl (C=O) groups is 1.